The maximum atomic E-state index is 12.7. The number of rotatable bonds is 5. The molecule has 0 unspecified atom stereocenters. The van der Waals surface area contributed by atoms with E-state index in [9.17, 15) is 9.90 Å². The molecule has 1 saturated heterocycles. The van der Waals surface area contributed by atoms with E-state index in [4.69, 9.17) is 0 Å². The fourth-order valence-electron chi connectivity index (χ4n) is 3.34. The number of pyridine rings is 1. The predicted molar refractivity (Wildman–Crippen MR) is 97.6 cm³/mol. The van der Waals surface area contributed by atoms with E-state index in [0.717, 1.165) is 32.4 Å². The summed E-state index contributed by atoms with van der Waals surface area (Å²) in [4.78, 5) is 20.9. The number of likely N-dealkylation sites (tertiary alicyclic amines) is 1. The minimum absolute atomic E-state index is 0.0490. The smallest absolute Gasteiger partial charge is 0.276 e. The van der Waals surface area contributed by atoms with Gasteiger partial charge in [0.25, 0.3) is 5.91 Å². The average molecular weight is 339 g/mol. The van der Waals surface area contributed by atoms with Crippen molar-refractivity contribution in [3.05, 3.63) is 59.9 Å². The van der Waals surface area contributed by atoms with Gasteiger partial charge in [-0.05, 0) is 44.0 Å². The normalized spacial score (nSPS) is 17.7. The van der Waals surface area contributed by atoms with Crippen LogP contribution in [-0.2, 0) is 6.42 Å². The topological polar surface area (TPSA) is 56.7 Å². The third-order valence-corrected chi connectivity index (χ3v) is 4.89. The molecular weight excluding hydrogens is 314 g/mol. The van der Waals surface area contributed by atoms with Crippen LogP contribution in [0.25, 0.3) is 0 Å². The monoisotopic (exact) mass is 339 g/mol. The van der Waals surface area contributed by atoms with Crippen molar-refractivity contribution >= 4 is 5.91 Å². The van der Waals surface area contributed by atoms with E-state index in [1.165, 1.54) is 11.6 Å². The molecule has 3 rings (SSSR count). The first kappa shape index (κ1) is 17.4. The van der Waals surface area contributed by atoms with Gasteiger partial charge >= 0.3 is 0 Å². The Morgan fingerprint density at radius 3 is 2.84 bits per heavy atom. The number of carbonyl (C=O) groups excluding carboxylic acids is 1. The van der Waals surface area contributed by atoms with Crippen molar-refractivity contribution in [3.63, 3.8) is 0 Å². The highest BCUT2D eigenvalue weighted by Crippen LogP contribution is 2.20. The van der Waals surface area contributed by atoms with Crippen molar-refractivity contribution in [2.75, 3.05) is 26.7 Å². The van der Waals surface area contributed by atoms with E-state index < -0.39 is 0 Å². The van der Waals surface area contributed by atoms with Crippen molar-refractivity contribution in [1.29, 1.82) is 0 Å². The van der Waals surface area contributed by atoms with Crippen LogP contribution in [0.2, 0.25) is 0 Å². The number of nitrogens with zero attached hydrogens (tertiary/aromatic N) is 3. The fraction of sp³-hybridized carbons (Fsp3) is 0.400. The number of aromatic hydroxyl groups is 1. The number of carbonyl (C=O) groups is 1. The Labute approximate surface area is 148 Å². The molecule has 1 fully saturated rings. The zero-order valence-electron chi connectivity index (χ0n) is 14.6. The van der Waals surface area contributed by atoms with Gasteiger partial charge in [0.2, 0.25) is 0 Å². The first-order chi connectivity index (χ1) is 12.1. The predicted octanol–water partition coefficient (Wildman–Crippen LogP) is 2.57. The lowest BCUT2D eigenvalue weighted by atomic mass is 10.0. The summed E-state index contributed by atoms with van der Waals surface area (Å²) in [5.74, 6) is -0.230. The van der Waals surface area contributed by atoms with E-state index in [0.29, 0.717) is 12.6 Å². The number of likely N-dealkylation sites (N-methyl/N-ethyl adjacent to an activating group) is 1. The zero-order chi connectivity index (χ0) is 17.6. The molecule has 0 saturated carbocycles. The highest BCUT2D eigenvalue weighted by molar-refractivity contribution is 5.94. The van der Waals surface area contributed by atoms with Gasteiger partial charge in [-0.2, -0.15) is 0 Å². The SMILES string of the molecule is CN(CCc1ccccc1)[C@@H]1CCCN(C(=O)c2ncccc2O)C1. The van der Waals surface area contributed by atoms with Crippen LogP contribution < -0.4 is 0 Å². The summed E-state index contributed by atoms with van der Waals surface area (Å²) in [6.07, 6.45) is 4.60. The third-order valence-electron chi connectivity index (χ3n) is 4.89. The molecule has 2 aromatic rings. The average Bonchev–Trinajstić information content (AvgIpc) is 2.67. The molecule has 5 nitrogen and oxygen atoms in total. The Hall–Kier alpha value is -2.40. The van der Waals surface area contributed by atoms with E-state index >= 15 is 0 Å². The van der Waals surface area contributed by atoms with Crippen molar-refractivity contribution in [1.82, 2.24) is 14.8 Å². The molecule has 0 radical (unpaired) electrons. The standard InChI is InChI=1S/C20H25N3O2/c1-22(14-11-16-7-3-2-4-8-16)17-9-6-13-23(15-17)20(25)19-18(24)10-5-12-21-19/h2-5,7-8,10,12,17,24H,6,9,11,13-15H2,1H3/t17-/m1/s1. The summed E-state index contributed by atoms with van der Waals surface area (Å²) >= 11 is 0. The molecule has 1 aliphatic heterocycles. The molecule has 1 amide bonds. The number of amides is 1. The largest absolute Gasteiger partial charge is 0.505 e. The maximum Gasteiger partial charge on any atom is 0.276 e. The van der Waals surface area contributed by atoms with Crippen LogP contribution in [0.3, 0.4) is 0 Å². The minimum Gasteiger partial charge on any atom is -0.505 e. The lowest BCUT2D eigenvalue weighted by Crippen LogP contribution is -2.49. The van der Waals surface area contributed by atoms with Crippen LogP contribution in [0.15, 0.2) is 48.7 Å². The third kappa shape index (κ3) is 4.37. The molecule has 5 heteroatoms. The molecule has 0 spiro atoms. The second-order valence-electron chi connectivity index (χ2n) is 6.63. The molecule has 1 aromatic carbocycles. The van der Waals surface area contributed by atoms with Crippen LogP contribution in [0.4, 0.5) is 0 Å². The Kier molecular flexibility index (Phi) is 5.66. The lowest BCUT2D eigenvalue weighted by Gasteiger charge is -2.37. The fourth-order valence-corrected chi connectivity index (χ4v) is 3.34. The van der Waals surface area contributed by atoms with Gasteiger partial charge < -0.3 is 14.9 Å². The van der Waals surface area contributed by atoms with Crippen LogP contribution in [-0.4, -0.2) is 58.5 Å². The summed E-state index contributed by atoms with van der Waals surface area (Å²) < 4.78 is 0. The second kappa shape index (κ2) is 8.12. The van der Waals surface area contributed by atoms with E-state index in [-0.39, 0.29) is 17.4 Å². The van der Waals surface area contributed by atoms with Gasteiger partial charge in [-0.3, -0.25) is 4.79 Å². The van der Waals surface area contributed by atoms with E-state index in [2.05, 4.69) is 41.2 Å². The van der Waals surface area contributed by atoms with Crippen LogP contribution >= 0.6 is 0 Å². The van der Waals surface area contributed by atoms with Crippen molar-refractivity contribution in [3.8, 4) is 5.75 Å². The summed E-state index contributed by atoms with van der Waals surface area (Å²) in [7, 11) is 2.12. The minimum atomic E-state index is -0.181. The van der Waals surface area contributed by atoms with E-state index in [1.807, 2.05) is 11.0 Å². The summed E-state index contributed by atoms with van der Waals surface area (Å²) in [6, 6.07) is 13.9. The molecule has 2 heterocycles. The molecule has 132 valence electrons. The Morgan fingerprint density at radius 2 is 2.08 bits per heavy atom. The van der Waals surface area contributed by atoms with Gasteiger partial charge in [-0.1, -0.05) is 30.3 Å². The molecule has 25 heavy (non-hydrogen) atoms. The summed E-state index contributed by atoms with van der Waals surface area (Å²) in [5.41, 5.74) is 1.48. The number of piperidine rings is 1. The Bertz CT molecular complexity index is 705. The number of hydrogen-bond acceptors (Lipinski definition) is 4. The first-order valence-electron chi connectivity index (χ1n) is 8.82. The number of aromatic nitrogens is 1. The molecule has 0 aliphatic carbocycles. The summed E-state index contributed by atoms with van der Waals surface area (Å²) in [6.45, 7) is 2.36. The number of benzene rings is 1. The van der Waals surface area contributed by atoms with Crippen LogP contribution in [0.5, 0.6) is 5.75 Å². The second-order valence-corrected chi connectivity index (χ2v) is 6.63. The van der Waals surface area contributed by atoms with Crippen molar-refractivity contribution in [2.24, 2.45) is 0 Å². The van der Waals surface area contributed by atoms with Crippen LogP contribution in [0.1, 0.15) is 28.9 Å². The molecule has 1 N–H and O–H groups in total. The highest BCUT2D eigenvalue weighted by atomic mass is 16.3. The van der Waals surface area contributed by atoms with Gasteiger partial charge in [-0.25, -0.2) is 4.98 Å². The quantitative estimate of drug-likeness (QED) is 0.910. The lowest BCUT2D eigenvalue weighted by molar-refractivity contribution is 0.0603. The van der Waals surface area contributed by atoms with Crippen LogP contribution in [0, 0.1) is 0 Å². The molecule has 1 aliphatic rings. The van der Waals surface area contributed by atoms with Gasteiger partial charge in [0, 0.05) is 31.9 Å². The number of hydrogen-bond donors (Lipinski definition) is 1. The van der Waals surface area contributed by atoms with Gasteiger partial charge in [0.15, 0.2) is 5.69 Å². The van der Waals surface area contributed by atoms with Crippen molar-refractivity contribution < 1.29 is 9.90 Å². The molecular formula is C20H25N3O2. The zero-order valence-corrected chi connectivity index (χ0v) is 14.6. The summed E-state index contributed by atoms with van der Waals surface area (Å²) in [5, 5.41) is 9.88. The first-order valence-corrected chi connectivity index (χ1v) is 8.82. The highest BCUT2D eigenvalue weighted by Gasteiger charge is 2.28. The van der Waals surface area contributed by atoms with Gasteiger partial charge in [0.1, 0.15) is 5.75 Å². The van der Waals surface area contributed by atoms with Crippen molar-refractivity contribution in [2.45, 2.75) is 25.3 Å². The van der Waals surface area contributed by atoms with E-state index in [1.54, 1.807) is 12.3 Å². The molecule has 1 aromatic heterocycles. The Morgan fingerprint density at radius 1 is 1.28 bits per heavy atom. The van der Waals surface area contributed by atoms with Gasteiger partial charge in [0.05, 0.1) is 0 Å². The Balaban J connectivity index is 1.59. The van der Waals surface area contributed by atoms with Gasteiger partial charge in [-0.15, -0.1) is 0 Å². The molecule has 1 atom stereocenters. The maximum absolute atomic E-state index is 12.7. The molecule has 0 bridgehead atoms.